The van der Waals surface area contributed by atoms with Gasteiger partial charge in [-0.1, -0.05) is 26.7 Å². The van der Waals surface area contributed by atoms with Crippen LogP contribution in [-0.4, -0.2) is 24.0 Å². The van der Waals surface area contributed by atoms with E-state index in [4.69, 9.17) is 0 Å². The summed E-state index contributed by atoms with van der Waals surface area (Å²) in [6.07, 6.45) is 8.11. The lowest BCUT2D eigenvalue weighted by Gasteiger charge is -2.27. The van der Waals surface area contributed by atoms with Gasteiger partial charge in [-0.3, -0.25) is 0 Å². The van der Waals surface area contributed by atoms with E-state index in [0.29, 0.717) is 0 Å². The summed E-state index contributed by atoms with van der Waals surface area (Å²) in [6.45, 7) is 8.69. The first-order valence-corrected chi connectivity index (χ1v) is 5.41. The highest BCUT2D eigenvalue weighted by atomic mass is 15.1. The summed E-state index contributed by atoms with van der Waals surface area (Å²) < 4.78 is 0. The van der Waals surface area contributed by atoms with Crippen molar-refractivity contribution in [1.82, 2.24) is 4.90 Å². The van der Waals surface area contributed by atoms with Gasteiger partial charge in [0.25, 0.3) is 0 Å². The lowest BCUT2D eigenvalue weighted by atomic mass is 10.2. The largest absolute Gasteiger partial charge is 0.300 e. The Morgan fingerprint density at radius 2 is 1.92 bits per heavy atom. The van der Waals surface area contributed by atoms with E-state index in [1.165, 1.54) is 45.2 Å². The molecule has 0 saturated heterocycles. The van der Waals surface area contributed by atoms with Crippen LogP contribution in [0.2, 0.25) is 0 Å². The first-order valence-electron chi connectivity index (χ1n) is 5.41. The Bertz CT molecular complexity index is 99.6. The Labute approximate surface area is 77.1 Å². The molecular formula is C11H22N. The van der Waals surface area contributed by atoms with Crippen molar-refractivity contribution in [3.05, 3.63) is 6.92 Å². The molecule has 1 aliphatic carbocycles. The molecule has 1 saturated carbocycles. The Morgan fingerprint density at radius 1 is 1.25 bits per heavy atom. The molecule has 0 bridgehead atoms. The van der Waals surface area contributed by atoms with Gasteiger partial charge in [0, 0.05) is 6.04 Å². The standard InChI is InChI=1S/C11H22N/c1-3-9-12(10-4-2)11-7-5-6-8-11/h11H,1,3-10H2,2H3. The minimum Gasteiger partial charge on any atom is -0.300 e. The molecule has 1 fully saturated rings. The van der Waals surface area contributed by atoms with Crippen molar-refractivity contribution in [3.8, 4) is 0 Å². The molecule has 0 N–H and O–H groups in total. The van der Waals surface area contributed by atoms with Crippen LogP contribution in [0.15, 0.2) is 0 Å². The molecule has 1 radical (unpaired) electrons. The van der Waals surface area contributed by atoms with E-state index in [1.54, 1.807) is 0 Å². The minimum atomic E-state index is 0.895. The Kier molecular flexibility index (Phi) is 4.67. The molecule has 0 heterocycles. The Balaban J connectivity index is 2.29. The first kappa shape index (κ1) is 10.0. The van der Waals surface area contributed by atoms with E-state index in [-0.39, 0.29) is 0 Å². The lowest BCUT2D eigenvalue weighted by Crippen LogP contribution is -2.34. The summed E-state index contributed by atoms with van der Waals surface area (Å²) >= 11 is 0. The van der Waals surface area contributed by atoms with Gasteiger partial charge in [-0.25, -0.2) is 0 Å². The zero-order valence-corrected chi connectivity index (χ0v) is 8.39. The van der Waals surface area contributed by atoms with Crippen molar-refractivity contribution in [1.29, 1.82) is 0 Å². The van der Waals surface area contributed by atoms with Gasteiger partial charge in [0.15, 0.2) is 0 Å². The van der Waals surface area contributed by atoms with E-state index in [9.17, 15) is 0 Å². The van der Waals surface area contributed by atoms with Crippen LogP contribution in [0.4, 0.5) is 0 Å². The smallest absolute Gasteiger partial charge is 0.00952 e. The van der Waals surface area contributed by atoms with Gasteiger partial charge in [-0.05, 0) is 38.8 Å². The van der Waals surface area contributed by atoms with Crippen molar-refractivity contribution >= 4 is 0 Å². The summed E-state index contributed by atoms with van der Waals surface area (Å²) in [7, 11) is 0. The number of rotatable bonds is 5. The molecule has 1 rings (SSSR count). The third-order valence-corrected chi connectivity index (χ3v) is 2.80. The summed E-state index contributed by atoms with van der Waals surface area (Å²) in [5.41, 5.74) is 0. The second kappa shape index (κ2) is 5.58. The summed E-state index contributed by atoms with van der Waals surface area (Å²) in [5, 5.41) is 0. The maximum absolute atomic E-state index is 3.94. The van der Waals surface area contributed by atoms with E-state index >= 15 is 0 Å². The SMILES string of the molecule is [CH2]CCN(CCC)C1CCCC1. The predicted molar refractivity (Wildman–Crippen MR) is 54.1 cm³/mol. The second-order valence-corrected chi connectivity index (χ2v) is 3.83. The van der Waals surface area contributed by atoms with Gasteiger partial charge in [0.1, 0.15) is 0 Å². The minimum absolute atomic E-state index is 0.895. The van der Waals surface area contributed by atoms with Gasteiger partial charge in [-0.15, -0.1) is 0 Å². The van der Waals surface area contributed by atoms with Gasteiger partial charge in [0.05, 0.1) is 0 Å². The van der Waals surface area contributed by atoms with Crippen LogP contribution in [-0.2, 0) is 0 Å². The molecular weight excluding hydrogens is 146 g/mol. The van der Waals surface area contributed by atoms with Crippen molar-refractivity contribution < 1.29 is 0 Å². The quantitative estimate of drug-likeness (QED) is 0.610. The molecule has 0 aromatic heterocycles. The highest BCUT2D eigenvalue weighted by molar-refractivity contribution is 4.77. The molecule has 1 nitrogen and oxygen atoms in total. The number of hydrogen-bond donors (Lipinski definition) is 0. The van der Waals surface area contributed by atoms with Crippen LogP contribution < -0.4 is 0 Å². The van der Waals surface area contributed by atoms with Crippen LogP contribution in [0.25, 0.3) is 0 Å². The number of hydrogen-bond acceptors (Lipinski definition) is 1. The molecule has 0 spiro atoms. The average Bonchev–Trinajstić information content (AvgIpc) is 2.56. The van der Waals surface area contributed by atoms with E-state index in [1.807, 2.05) is 0 Å². The zero-order chi connectivity index (χ0) is 8.81. The van der Waals surface area contributed by atoms with Crippen LogP contribution in [0.1, 0.15) is 45.4 Å². The van der Waals surface area contributed by atoms with Crippen LogP contribution in [0.5, 0.6) is 0 Å². The maximum Gasteiger partial charge on any atom is 0.00952 e. The fourth-order valence-corrected chi connectivity index (χ4v) is 2.24. The third kappa shape index (κ3) is 2.78. The van der Waals surface area contributed by atoms with E-state index < -0.39 is 0 Å². The molecule has 1 aliphatic rings. The van der Waals surface area contributed by atoms with Crippen molar-refractivity contribution in [2.45, 2.75) is 51.5 Å². The Morgan fingerprint density at radius 3 is 2.42 bits per heavy atom. The van der Waals surface area contributed by atoms with Gasteiger partial charge in [-0.2, -0.15) is 0 Å². The monoisotopic (exact) mass is 168 g/mol. The van der Waals surface area contributed by atoms with Crippen LogP contribution in [0, 0.1) is 6.92 Å². The first-order chi connectivity index (χ1) is 5.88. The highest BCUT2D eigenvalue weighted by Crippen LogP contribution is 2.23. The maximum atomic E-state index is 3.94. The second-order valence-electron chi connectivity index (χ2n) is 3.83. The van der Waals surface area contributed by atoms with Gasteiger partial charge in [0.2, 0.25) is 0 Å². The molecule has 71 valence electrons. The predicted octanol–water partition coefficient (Wildman–Crippen LogP) is 2.87. The van der Waals surface area contributed by atoms with Crippen molar-refractivity contribution in [2.75, 3.05) is 13.1 Å². The van der Waals surface area contributed by atoms with Crippen molar-refractivity contribution in [2.24, 2.45) is 0 Å². The van der Waals surface area contributed by atoms with Crippen LogP contribution in [0.3, 0.4) is 0 Å². The summed E-state index contributed by atoms with van der Waals surface area (Å²) in [4.78, 5) is 2.64. The Hall–Kier alpha value is -0.0400. The number of nitrogens with zero attached hydrogens (tertiary/aromatic N) is 1. The molecule has 0 amide bonds. The molecule has 0 unspecified atom stereocenters. The van der Waals surface area contributed by atoms with Crippen molar-refractivity contribution in [3.63, 3.8) is 0 Å². The van der Waals surface area contributed by atoms with Gasteiger partial charge < -0.3 is 4.90 Å². The molecule has 1 heteroatoms. The average molecular weight is 168 g/mol. The normalized spacial score (nSPS) is 19.2. The molecule has 0 atom stereocenters. The zero-order valence-electron chi connectivity index (χ0n) is 8.39. The summed E-state index contributed by atoms with van der Waals surface area (Å²) in [6, 6.07) is 0.895. The molecule has 0 aliphatic heterocycles. The lowest BCUT2D eigenvalue weighted by molar-refractivity contribution is 0.202. The molecule has 12 heavy (non-hydrogen) atoms. The molecule has 0 aromatic carbocycles. The highest BCUT2D eigenvalue weighted by Gasteiger charge is 2.20. The fraction of sp³-hybridized carbons (Fsp3) is 0.909. The summed E-state index contributed by atoms with van der Waals surface area (Å²) in [5.74, 6) is 0. The topological polar surface area (TPSA) is 3.24 Å². The fourth-order valence-electron chi connectivity index (χ4n) is 2.24. The van der Waals surface area contributed by atoms with E-state index in [0.717, 1.165) is 12.5 Å². The third-order valence-electron chi connectivity index (χ3n) is 2.80. The van der Waals surface area contributed by atoms with Gasteiger partial charge >= 0.3 is 0 Å². The van der Waals surface area contributed by atoms with E-state index in [2.05, 4.69) is 18.7 Å². The molecule has 0 aromatic rings. The van der Waals surface area contributed by atoms with Crippen LogP contribution >= 0.6 is 0 Å².